The average molecular weight is 396 g/mol. The molecule has 0 N–H and O–H groups in total. The molecule has 1 aliphatic rings. The second-order valence-electron chi connectivity index (χ2n) is 5.19. The van der Waals surface area contributed by atoms with Gasteiger partial charge in [0.1, 0.15) is 0 Å². The number of carbonyl (C=O) groups excluding carboxylic acids is 3. The monoisotopic (exact) mass is 395 g/mol. The van der Waals surface area contributed by atoms with Crippen LogP contribution in [0.25, 0.3) is 0 Å². The summed E-state index contributed by atoms with van der Waals surface area (Å²) in [6, 6.07) is 8.42. The molecule has 7 nitrogen and oxygen atoms in total. The molecular weight excluding hydrogens is 382 g/mol. The van der Waals surface area contributed by atoms with Crippen LogP contribution in [0, 0.1) is 22.2 Å². The maximum absolute atomic E-state index is 12.5. The number of hydrogen-bond acceptors (Lipinski definition) is 7. The van der Waals surface area contributed by atoms with Crippen molar-refractivity contribution >= 4 is 33.8 Å². The van der Waals surface area contributed by atoms with Gasteiger partial charge in [-0.1, -0.05) is 28.1 Å². The number of nitrogens with zero attached hydrogens (tertiary/aromatic N) is 1. The fourth-order valence-corrected chi connectivity index (χ4v) is 3.68. The van der Waals surface area contributed by atoms with E-state index in [4.69, 9.17) is 14.2 Å². The second-order valence-corrected chi connectivity index (χ2v) is 6.11. The summed E-state index contributed by atoms with van der Waals surface area (Å²) in [6.07, 6.45) is 0. The highest BCUT2D eigenvalue weighted by Crippen LogP contribution is 2.75. The number of carbonyl (C=O) groups is 3. The topological polar surface area (TPSA) is 103 Å². The van der Waals surface area contributed by atoms with Gasteiger partial charge < -0.3 is 14.2 Å². The number of ether oxygens (including phenoxy) is 3. The van der Waals surface area contributed by atoms with Gasteiger partial charge in [-0.3, -0.25) is 14.4 Å². The fraction of sp³-hybridized carbons (Fsp3) is 0.375. The van der Waals surface area contributed by atoms with Crippen molar-refractivity contribution in [1.82, 2.24) is 0 Å². The lowest BCUT2D eigenvalue weighted by Gasteiger charge is -2.14. The first-order valence-electron chi connectivity index (χ1n) is 6.80. The Kier molecular flexibility index (Phi) is 4.67. The fourth-order valence-electron chi connectivity index (χ4n) is 3.26. The first-order chi connectivity index (χ1) is 11.4. The van der Waals surface area contributed by atoms with Crippen LogP contribution in [0.5, 0.6) is 0 Å². The van der Waals surface area contributed by atoms with Gasteiger partial charge >= 0.3 is 17.9 Å². The van der Waals surface area contributed by atoms with Gasteiger partial charge in [-0.2, -0.15) is 5.26 Å². The number of esters is 3. The SMILES string of the molecule is COC(=O)C1(C(=O)OC)[C@@H](c2cccc(Br)c2)[C@]1(C#N)C(=O)OC. The van der Waals surface area contributed by atoms with Gasteiger partial charge in [0.2, 0.25) is 5.41 Å². The Balaban J connectivity index is 2.78. The molecular formula is C16H14BrNO6. The molecule has 126 valence electrons. The third kappa shape index (κ3) is 2.04. The summed E-state index contributed by atoms with van der Waals surface area (Å²) in [4.78, 5) is 37.3. The predicted octanol–water partition coefficient (Wildman–Crippen LogP) is 1.56. The number of nitriles is 1. The Morgan fingerprint density at radius 2 is 1.62 bits per heavy atom. The van der Waals surface area contributed by atoms with Crippen LogP contribution in [0.4, 0.5) is 0 Å². The number of methoxy groups -OCH3 is 3. The Bertz CT molecular complexity index is 739. The standard InChI is InChI=1S/C16H14BrNO6/c1-22-12(19)15(8-18)11(9-5-4-6-10(17)7-9)16(15,13(20)23-2)14(21)24-3/h4-7,11H,1-3H3/t11-,15+/m0/s1. The van der Waals surface area contributed by atoms with E-state index in [0.29, 0.717) is 10.0 Å². The molecule has 0 heterocycles. The molecule has 1 saturated carbocycles. The van der Waals surface area contributed by atoms with E-state index in [-0.39, 0.29) is 0 Å². The summed E-state index contributed by atoms with van der Waals surface area (Å²) in [5.74, 6) is -4.12. The zero-order valence-corrected chi connectivity index (χ0v) is 14.7. The summed E-state index contributed by atoms with van der Waals surface area (Å²) in [5.41, 5.74) is -3.73. The number of hydrogen-bond donors (Lipinski definition) is 0. The molecule has 1 aliphatic carbocycles. The molecule has 1 fully saturated rings. The first-order valence-corrected chi connectivity index (χ1v) is 7.59. The minimum atomic E-state index is -2.11. The van der Waals surface area contributed by atoms with Crippen LogP contribution >= 0.6 is 15.9 Å². The van der Waals surface area contributed by atoms with Crippen LogP contribution in [-0.2, 0) is 28.6 Å². The van der Waals surface area contributed by atoms with Gasteiger partial charge in [0, 0.05) is 10.4 Å². The average Bonchev–Trinajstić information content (AvgIpc) is 3.25. The van der Waals surface area contributed by atoms with Crippen LogP contribution < -0.4 is 0 Å². The van der Waals surface area contributed by atoms with Crippen LogP contribution in [0.3, 0.4) is 0 Å². The number of halogens is 1. The van der Waals surface area contributed by atoms with Crippen molar-refractivity contribution in [1.29, 1.82) is 5.26 Å². The molecule has 8 heteroatoms. The Hall–Kier alpha value is -2.40. The maximum Gasteiger partial charge on any atom is 0.328 e. The lowest BCUT2D eigenvalue weighted by Crippen LogP contribution is -2.37. The Labute approximate surface area is 146 Å². The third-order valence-electron chi connectivity index (χ3n) is 4.29. The minimum Gasteiger partial charge on any atom is -0.468 e. The molecule has 0 amide bonds. The van der Waals surface area contributed by atoms with Gasteiger partial charge in [-0.15, -0.1) is 0 Å². The smallest absolute Gasteiger partial charge is 0.328 e. The summed E-state index contributed by atoms with van der Waals surface area (Å²) in [5, 5.41) is 9.71. The molecule has 2 atom stereocenters. The minimum absolute atomic E-state index is 0.437. The normalized spacial score (nSPS) is 23.5. The molecule has 0 aliphatic heterocycles. The summed E-state index contributed by atoms with van der Waals surface area (Å²) in [7, 11) is 3.22. The van der Waals surface area contributed by atoms with E-state index in [1.165, 1.54) is 0 Å². The van der Waals surface area contributed by atoms with E-state index in [1.54, 1.807) is 30.3 Å². The van der Waals surface area contributed by atoms with Crippen LogP contribution in [0.15, 0.2) is 28.7 Å². The maximum atomic E-state index is 12.5. The largest absolute Gasteiger partial charge is 0.468 e. The van der Waals surface area contributed by atoms with E-state index in [9.17, 15) is 19.6 Å². The number of rotatable bonds is 4. The second kappa shape index (κ2) is 6.24. The number of benzene rings is 1. The highest BCUT2D eigenvalue weighted by atomic mass is 79.9. The van der Waals surface area contributed by atoms with E-state index >= 15 is 0 Å². The summed E-state index contributed by atoms with van der Waals surface area (Å²) >= 11 is 3.29. The Morgan fingerprint density at radius 1 is 1.08 bits per heavy atom. The molecule has 2 rings (SSSR count). The lowest BCUT2D eigenvalue weighted by molar-refractivity contribution is -0.167. The van der Waals surface area contributed by atoms with Crippen LogP contribution in [0.1, 0.15) is 11.5 Å². The van der Waals surface area contributed by atoms with Crippen molar-refractivity contribution in [3.05, 3.63) is 34.3 Å². The van der Waals surface area contributed by atoms with Gasteiger partial charge in [0.15, 0.2) is 5.41 Å². The third-order valence-corrected chi connectivity index (χ3v) is 4.78. The van der Waals surface area contributed by atoms with Crippen molar-refractivity contribution in [3.8, 4) is 6.07 Å². The van der Waals surface area contributed by atoms with Gasteiger partial charge in [0.25, 0.3) is 0 Å². The molecule has 0 saturated heterocycles. The Morgan fingerprint density at radius 3 is 2.04 bits per heavy atom. The zero-order chi connectivity index (χ0) is 18.1. The highest BCUT2D eigenvalue weighted by molar-refractivity contribution is 9.10. The van der Waals surface area contributed by atoms with Crippen molar-refractivity contribution < 1.29 is 28.6 Å². The van der Waals surface area contributed by atoms with E-state index < -0.39 is 34.7 Å². The molecule has 24 heavy (non-hydrogen) atoms. The quantitative estimate of drug-likeness (QED) is 0.432. The van der Waals surface area contributed by atoms with E-state index in [2.05, 4.69) is 15.9 Å². The first kappa shape index (κ1) is 17.9. The van der Waals surface area contributed by atoms with Crippen molar-refractivity contribution in [2.75, 3.05) is 21.3 Å². The lowest BCUT2D eigenvalue weighted by atomic mass is 9.93. The molecule has 1 aromatic carbocycles. The van der Waals surface area contributed by atoms with Crippen molar-refractivity contribution in [3.63, 3.8) is 0 Å². The van der Waals surface area contributed by atoms with Crippen molar-refractivity contribution in [2.45, 2.75) is 5.92 Å². The predicted molar refractivity (Wildman–Crippen MR) is 83.4 cm³/mol. The molecule has 1 aromatic rings. The van der Waals surface area contributed by atoms with Crippen LogP contribution in [-0.4, -0.2) is 39.2 Å². The molecule has 0 bridgehead atoms. The van der Waals surface area contributed by atoms with Gasteiger partial charge in [-0.25, -0.2) is 0 Å². The van der Waals surface area contributed by atoms with Crippen LogP contribution in [0.2, 0.25) is 0 Å². The van der Waals surface area contributed by atoms with Crippen molar-refractivity contribution in [2.24, 2.45) is 10.8 Å². The molecule has 0 radical (unpaired) electrons. The van der Waals surface area contributed by atoms with E-state index in [0.717, 1.165) is 21.3 Å². The highest BCUT2D eigenvalue weighted by Gasteiger charge is 2.92. The molecule has 0 aromatic heterocycles. The van der Waals surface area contributed by atoms with Gasteiger partial charge in [-0.05, 0) is 17.7 Å². The zero-order valence-electron chi connectivity index (χ0n) is 13.2. The molecule has 0 spiro atoms. The summed E-state index contributed by atoms with van der Waals surface area (Å²) in [6.45, 7) is 0. The van der Waals surface area contributed by atoms with Gasteiger partial charge in [0.05, 0.1) is 27.4 Å². The van der Waals surface area contributed by atoms with E-state index in [1.807, 2.05) is 0 Å². The molecule has 0 unspecified atom stereocenters. The summed E-state index contributed by atoms with van der Waals surface area (Å²) < 4.78 is 14.8.